The summed E-state index contributed by atoms with van der Waals surface area (Å²) in [6, 6.07) is 16.1. The summed E-state index contributed by atoms with van der Waals surface area (Å²) in [4.78, 5) is 16.2. The Hall–Kier alpha value is -2.89. The van der Waals surface area contributed by atoms with Crippen LogP contribution in [0.2, 0.25) is 0 Å². The van der Waals surface area contributed by atoms with Crippen molar-refractivity contribution in [2.75, 3.05) is 25.5 Å². The zero-order chi connectivity index (χ0) is 18.4. The van der Waals surface area contributed by atoms with E-state index < -0.39 is 0 Å². The van der Waals surface area contributed by atoms with E-state index in [1.807, 2.05) is 6.07 Å². The Bertz CT molecular complexity index is 770. The SMILES string of the molecule is CN=C(NCC(=O)Nc1ccc(F)cc1)NCC1(c2ccccc2)CC1. The summed E-state index contributed by atoms with van der Waals surface area (Å²) in [5, 5.41) is 9.02. The van der Waals surface area contributed by atoms with Crippen molar-refractivity contribution >= 4 is 17.6 Å². The molecule has 0 unspecified atom stereocenters. The van der Waals surface area contributed by atoms with Gasteiger partial charge in [0.15, 0.2) is 5.96 Å². The number of carbonyl (C=O) groups is 1. The standard InChI is InChI=1S/C20H23FN4O/c1-22-19(23-13-18(26)25-17-9-7-16(21)8-10-17)24-14-20(11-12-20)15-5-3-2-4-6-15/h2-10H,11-14H2,1H3,(H,25,26)(H2,22,23,24). The van der Waals surface area contributed by atoms with Crippen LogP contribution in [0.15, 0.2) is 59.6 Å². The summed E-state index contributed by atoms with van der Waals surface area (Å²) >= 11 is 0. The van der Waals surface area contributed by atoms with Gasteiger partial charge in [0.05, 0.1) is 6.54 Å². The Morgan fingerprint density at radius 1 is 1.08 bits per heavy atom. The molecule has 6 heteroatoms. The molecular formula is C20H23FN4O. The molecule has 2 aromatic carbocycles. The number of amides is 1. The predicted octanol–water partition coefficient (Wildman–Crippen LogP) is 2.66. The van der Waals surface area contributed by atoms with Gasteiger partial charge in [-0.15, -0.1) is 0 Å². The van der Waals surface area contributed by atoms with E-state index in [4.69, 9.17) is 0 Å². The molecule has 2 aromatic rings. The molecule has 5 nitrogen and oxygen atoms in total. The van der Waals surface area contributed by atoms with E-state index in [0.717, 1.165) is 19.4 Å². The van der Waals surface area contributed by atoms with E-state index in [2.05, 4.69) is 45.2 Å². The highest BCUT2D eigenvalue weighted by Gasteiger charge is 2.43. The molecule has 1 fully saturated rings. The van der Waals surface area contributed by atoms with Crippen LogP contribution in [-0.4, -0.2) is 32.0 Å². The number of halogens is 1. The normalized spacial score (nSPS) is 15.2. The van der Waals surface area contributed by atoms with Crippen molar-refractivity contribution in [1.82, 2.24) is 10.6 Å². The number of hydrogen-bond donors (Lipinski definition) is 3. The molecule has 0 heterocycles. The van der Waals surface area contributed by atoms with Gasteiger partial charge in [0, 0.05) is 24.7 Å². The Labute approximate surface area is 152 Å². The average Bonchev–Trinajstić information content (AvgIpc) is 3.46. The van der Waals surface area contributed by atoms with Crippen LogP contribution in [0.4, 0.5) is 10.1 Å². The third-order valence-corrected chi connectivity index (χ3v) is 4.60. The van der Waals surface area contributed by atoms with E-state index in [1.54, 1.807) is 7.05 Å². The van der Waals surface area contributed by atoms with Crippen molar-refractivity contribution in [2.45, 2.75) is 18.3 Å². The fourth-order valence-electron chi connectivity index (χ4n) is 2.89. The summed E-state index contributed by atoms with van der Waals surface area (Å²) in [5.74, 6) is 0.0309. The Morgan fingerprint density at radius 3 is 2.38 bits per heavy atom. The second-order valence-corrected chi connectivity index (χ2v) is 6.48. The maximum atomic E-state index is 12.9. The van der Waals surface area contributed by atoms with Gasteiger partial charge < -0.3 is 16.0 Å². The molecule has 0 atom stereocenters. The highest BCUT2D eigenvalue weighted by atomic mass is 19.1. The fraction of sp³-hybridized carbons (Fsp3) is 0.300. The highest BCUT2D eigenvalue weighted by molar-refractivity contribution is 5.94. The van der Waals surface area contributed by atoms with Gasteiger partial charge in [-0.05, 0) is 42.7 Å². The van der Waals surface area contributed by atoms with Crippen LogP contribution in [0.1, 0.15) is 18.4 Å². The number of aliphatic imine (C=N–C) groups is 1. The van der Waals surface area contributed by atoms with Gasteiger partial charge in [-0.2, -0.15) is 0 Å². The monoisotopic (exact) mass is 354 g/mol. The minimum Gasteiger partial charge on any atom is -0.356 e. The van der Waals surface area contributed by atoms with Crippen molar-refractivity contribution < 1.29 is 9.18 Å². The largest absolute Gasteiger partial charge is 0.356 e. The quantitative estimate of drug-likeness (QED) is 0.552. The van der Waals surface area contributed by atoms with Crippen LogP contribution in [0.3, 0.4) is 0 Å². The molecular weight excluding hydrogens is 331 g/mol. The van der Waals surface area contributed by atoms with Crippen LogP contribution in [0.25, 0.3) is 0 Å². The van der Waals surface area contributed by atoms with Crippen LogP contribution in [-0.2, 0) is 10.2 Å². The molecule has 0 radical (unpaired) electrons. The molecule has 1 amide bonds. The van der Waals surface area contributed by atoms with Crippen molar-refractivity contribution in [2.24, 2.45) is 4.99 Å². The zero-order valence-electron chi connectivity index (χ0n) is 14.8. The second-order valence-electron chi connectivity index (χ2n) is 6.48. The third-order valence-electron chi connectivity index (χ3n) is 4.60. The molecule has 1 aliphatic rings. The average molecular weight is 354 g/mol. The van der Waals surface area contributed by atoms with Crippen LogP contribution < -0.4 is 16.0 Å². The Balaban J connectivity index is 1.46. The van der Waals surface area contributed by atoms with Crippen molar-refractivity contribution in [3.8, 4) is 0 Å². The van der Waals surface area contributed by atoms with E-state index in [1.165, 1.54) is 29.8 Å². The molecule has 0 spiro atoms. The van der Waals surface area contributed by atoms with Gasteiger partial charge >= 0.3 is 0 Å². The molecule has 3 N–H and O–H groups in total. The van der Waals surface area contributed by atoms with E-state index in [9.17, 15) is 9.18 Å². The first-order valence-corrected chi connectivity index (χ1v) is 8.67. The van der Waals surface area contributed by atoms with Gasteiger partial charge in [0.1, 0.15) is 5.82 Å². The minimum atomic E-state index is -0.335. The lowest BCUT2D eigenvalue weighted by atomic mass is 9.96. The molecule has 0 aliphatic heterocycles. The zero-order valence-corrected chi connectivity index (χ0v) is 14.8. The lowest BCUT2D eigenvalue weighted by Crippen LogP contribution is -2.44. The first kappa shape index (κ1) is 17.9. The lowest BCUT2D eigenvalue weighted by molar-refractivity contribution is -0.115. The molecule has 0 bridgehead atoms. The summed E-state index contributed by atoms with van der Waals surface area (Å²) in [6.07, 6.45) is 2.29. The second kappa shape index (κ2) is 7.99. The molecule has 0 aromatic heterocycles. The van der Waals surface area contributed by atoms with Crippen LogP contribution >= 0.6 is 0 Å². The summed E-state index contributed by atoms with van der Waals surface area (Å²) < 4.78 is 12.9. The maximum Gasteiger partial charge on any atom is 0.243 e. The summed E-state index contributed by atoms with van der Waals surface area (Å²) in [5.41, 5.74) is 2.05. The lowest BCUT2D eigenvalue weighted by Gasteiger charge is -2.19. The van der Waals surface area contributed by atoms with Gasteiger partial charge in [0.2, 0.25) is 5.91 Å². The van der Waals surface area contributed by atoms with Crippen molar-refractivity contribution in [1.29, 1.82) is 0 Å². The molecule has 3 rings (SSSR count). The molecule has 1 saturated carbocycles. The minimum absolute atomic E-state index is 0.0788. The number of carbonyl (C=O) groups excluding carboxylic acids is 1. The molecule has 1 aliphatic carbocycles. The van der Waals surface area contributed by atoms with Gasteiger partial charge in [-0.3, -0.25) is 9.79 Å². The van der Waals surface area contributed by atoms with Gasteiger partial charge in [0.25, 0.3) is 0 Å². The summed E-state index contributed by atoms with van der Waals surface area (Å²) in [6.45, 7) is 0.853. The number of nitrogens with one attached hydrogen (secondary N) is 3. The Morgan fingerprint density at radius 2 is 1.77 bits per heavy atom. The van der Waals surface area contributed by atoms with E-state index in [0.29, 0.717) is 11.6 Å². The predicted molar refractivity (Wildman–Crippen MR) is 102 cm³/mol. The fourth-order valence-corrected chi connectivity index (χ4v) is 2.89. The van der Waals surface area contributed by atoms with Gasteiger partial charge in [-0.1, -0.05) is 30.3 Å². The molecule has 0 saturated heterocycles. The van der Waals surface area contributed by atoms with E-state index in [-0.39, 0.29) is 23.7 Å². The summed E-state index contributed by atoms with van der Waals surface area (Å²) in [7, 11) is 1.68. The Kier molecular flexibility index (Phi) is 5.51. The van der Waals surface area contributed by atoms with Crippen molar-refractivity contribution in [3.63, 3.8) is 0 Å². The third kappa shape index (κ3) is 4.59. The van der Waals surface area contributed by atoms with Crippen LogP contribution in [0.5, 0.6) is 0 Å². The van der Waals surface area contributed by atoms with Crippen LogP contribution in [0, 0.1) is 5.82 Å². The number of benzene rings is 2. The van der Waals surface area contributed by atoms with E-state index >= 15 is 0 Å². The number of hydrogen-bond acceptors (Lipinski definition) is 2. The smallest absolute Gasteiger partial charge is 0.243 e. The number of nitrogens with zero attached hydrogens (tertiary/aromatic N) is 1. The molecule has 136 valence electrons. The molecule has 26 heavy (non-hydrogen) atoms. The number of guanidine groups is 1. The number of rotatable bonds is 6. The first-order valence-electron chi connectivity index (χ1n) is 8.67. The topological polar surface area (TPSA) is 65.5 Å². The first-order chi connectivity index (χ1) is 12.6. The number of anilines is 1. The highest BCUT2D eigenvalue weighted by Crippen LogP contribution is 2.47. The maximum absolute atomic E-state index is 12.9. The van der Waals surface area contributed by atoms with Crippen molar-refractivity contribution in [3.05, 3.63) is 66.0 Å². The van der Waals surface area contributed by atoms with Gasteiger partial charge in [-0.25, -0.2) is 4.39 Å².